The maximum Gasteiger partial charge on any atom is 0.0509 e. The maximum absolute atomic E-state index is 4.11. The summed E-state index contributed by atoms with van der Waals surface area (Å²) >= 11 is 0. The molecule has 0 saturated carbocycles. The van der Waals surface area contributed by atoms with Gasteiger partial charge in [0.2, 0.25) is 0 Å². The fourth-order valence-corrected chi connectivity index (χ4v) is 0.982. The molecule has 1 heteroatoms. The van der Waals surface area contributed by atoms with Crippen LogP contribution in [0, 0.1) is 5.92 Å². The highest BCUT2D eigenvalue weighted by molar-refractivity contribution is 6.00. The van der Waals surface area contributed by atoms with E-state index >= 15 is 0 Å². The first-order valence-corrected chi connectivity index (χ1v) is 3.54. The first-order valence-electron chi connectivity index (χ1n) is 3.54. The second-order valence-corrected chi connectivity index (χ2v) is 2.24. The van der Waals surface area contributed by atoms with E-state index in [9.17, 15) is 0 Å². The van der Waals surface area contributed by atoms with E-state index in [1.54, 1.807) is 6.20 Å². The molecule has 1 atom stereocenters. The Bertz CT molecular complexity index is 244. The third-order valence-electron chi connectivity index (χ3n) is 1.53. The van der Waals surface area contributed by atoms with Crippen LogP contribution in [0.5, 0.6) is 0 Å². The van der Waals surface area contributed by atoms with E-state index in [-0.39, 0.29) is 5.92 Å². The van der Waals surface area contributed by atoms with Gasteiger partial charge >= 0.3 is 0 Å². The van der Waals surface area contributed by atoms with Crippen molar-refractivity contribution in [1.82, 2.24) is 0 Å². The molecule has 0 radical (unpaired) electrons. The van der Waals surface area contributed by atoms with E-state index in [4.69, 9.17) is 0 Å². The van der Waals surface area contributed by atoms with Crippen molar-refractivity contribution in [3.8, 4) is 0 Å². The van der Waals surface area contributed by atoms with Gasteiger partial charge in [0, 0.05) is 12.1 Å². The van der Waals surface area contributed by atoms with E-state index < -0.39 is 0 Å². The van der Waals surface area contributed by atoms with Crippen LogP contribution in [0.3, 0.4) is 0 Å². The van der Waals surface area contributed by atoms with Gasteiger partial charge in [0.25, 0.3) is 0 Å². The van der Waals surface area contributed by atoms with Crippen LogP contribution in [0.1, 0.15) is 0 Å². The standard InChI is InChI=1S/C10H11N/c1-3-9-7-5-6-8-10(9)11-4-2/h3-9H,1-2H2/b11-10-. The minimum atomic E-state index is 0.248. The lowest BCUT2D eigenvalue weighted by atomic mass is 9.99. The van der Waals surface area contributed by atoms with Crippen LogP contribution in [0.4, 0.5) is 0 Å². The summed E-state index contributed by atoms with van der Waals surface area (Å²) in [5.74, 6) is 0.248. The number of aliphatic imine (C=N–C) groups is 1. The monoisotopic (exact) mass is 145 g/mol. The minimum Gasteiger partial charge on any atom is -0.261 e. The third kappa shape index (κ3) is 1.77. The molecule has 0 fully saturated rings. The summed E-state index contributed by atoms with van der Waals surface area (Å²) < 4.78 is 0. The number of nitrogens with zero attached hydrogens (tertiary/aromatic N) is 1. The van der Waals surface area contributed by atoms with E-state index in [0.717, 1.165) is 5.71 Å². The second-order valence-electron chi connectivity index (χ2n) is 2.24. The average molecular weight is 145 g/mol. The molecule has 0 amide bonds. The first-order chi connectivity index (χ1) is 5.38. The molecule has 0 aromatic carbocycles. The van der Waals surface area contributed by atoms with Gasteiger partial charge in [-0.1, -0.05) is 30.9 Å². The van der Waals surface area contributed by atoms with Crippen LogP contribution in [0.2, 0.25) is 0 Å². The van der Waals surface area contributed by atoms with Crippen LogP contribution in [0.25, 0.3) is 0 Å². The van der Waals surface area contributed by atoms with E-state index in [0.29, 0.717) is 0 Å². The summed E-state index contributed by atoms with van der Waals surface area (Å²) in [7, 11) is 0. The van der Waals surface area contributed by atoms with E-state index in [1.165, 1.54) is 0 Å². The van der Waals surface area contributed by atoms with Crippen molar-refractivity contribution in [2.45, 2.75) is 0 Å². The van der Waals surface area contributed by atoms with Gasteiger partial charge in [-0.15, -0.1) is 6.58 Å². The van der Waals surface area contributed by atoms with Crippen LogP contribution in [-0.4, -0.2) is 5.71 Å². The Labute approximate surface area is 67.2 Å². The third-order valence-corrected chi connectivity index (χ3v) is 1.53. The van der Waals surface area contributed by atoms with E-state index in [2.05, 4.69) is 24.2 Å². The Hall–Kier alpha value is -1.37. The summed E-state index contributed by atoms with van der Waals surface area (Å²) in [6, 6.07) is 0. The van der Waals surface area contributed by atoms with Crippen LogP contribution >= 0.6 is 0 Å². The number of hydrogen-bond donors (Lipinski definition) is 0. The van der Waals surface area contributed by atoms with Crippen molar-refractivity contribution in [3.05, 3.63) is 49.7 Å². The van der Waals surface area contributed by atoms with Gasteiger partial charge in [-0.05, 0) is 6.08 Å². The highest BCUT2D eigenvalue weighted by atomic mass is 14.7. The zero-order valence-electron chi connectivity index (χ0n) is 6.40. The number of allylic oxidation sites excluding steroid dienone is 5. The van der Waals surface area contributed by atoms with Crippen molar-refractivity contribution < 1.29 is 0 Å². The molecule has 1 aliphatic carbocycles. The molecular formula is C10H11N. The lowest BCUT2D eigenvalue weighted by Gasteiger charge is -2.09. The second kappa shape index (κ2) is 3.71. The van der Waals surface area contributed by atoms with Gasteiger partial charge in [0.15, 0.2) is 0 Å². The van der Waals surface area contributed by atoms with Crippen LogP contribution < -0.4 is 0 Å². The van der Waals surface area contributed by atoms with Gasteiger partial charge in [0.1, 0.15) is 0 Å². The Morgan fingerprint density at radius 2 is 2.18 bits per heavy atom. The van der Waals surface area contributed by atoms with Crippen molar-refractivity contribution >= 4 is 5.71 Å². The zero-order valence-corrected chi connectivity index (χ0v) is 6.40. The van der Waals surface area contributed by atoms with E-state index in [1.807, 2.05) is 24.3 Å². The normalized spacial score (nSPS) is 25.5. The Balaban J connectivity index is 2.86. The van der Waals surface area contributed by atoms with Gasteiger partial charge in [0.05, 0.1) is 5.71 Å². The Morgan fingerprint density at radius 3 is 2.82 bits per heavy atom. The lowest BCUT2D eigenvalue weighted by Crippen LogP contribution is -2.08. The number of hydrogen-bond acceptors (Lipinski definition) is 1. The van der Waals surface area contributed by atoms with Crippen molar-refractivity contribution in [3.63, 3.8) is 0 Å². The van der Waals surface area contributed by atoms with Crippen molar-refractivity contribution in [2.24, 2.45) is 10.9 Å². The van der Waals surface area contributed by atoms with Gasteiger partial charge in [-0.2, -0.15) is 0 Å². The lowest BCUT2D eigenvalue weighted by molar-refractivity contribution is 1.13. The molecule has 0 aromatic rings. The van der Waals surface area contributed by atoms with Crippen LogP contribution in [-0.2, 0) is 0 Å². The summed E-state index contributed by atoms with van der Waals surface area (Å²) in [6.45, 7) is 7.26. The first kappa shape index (κ1) is 7.73. The molecule has 0 saturated heterocycles. The fraction of sp³-hybridized carbons (Fsp3) is 0.100. The van der Waals surface area contributed by atoms with Crippen molar-refractivity contribution in [2.75, 3.05) is 0 Å². The summed E-state index contributed by atoms with van der Waals surface area (Å²) in [5, 5.41) is 0. The summed E-state index contributed by atoms with van der Waals surface area (Å²) in [5.41, 5.74) is 0.998. The average Bonchev–Trinajstić information content (AvgIpc) is 2.06. The van der Waals surface area contributed by atoms with Crippen molar-refractivity contribution in [1.29, 1.82) is 0 Å². The summed E-state index contributed by atoms with van der Waals surface area (Å²) in [6.07, 6.45) is 11.4. The predicted octanol–water partition coefficient (Wildman–Crippen LogP) is 2.50. The Morgan fingerprint density at radius 1 is 1.36 bits per heavy atom. The highest BCUT2D eigenvalue weighted by Crippen LogP contribution is 2.10. The minimum absolute atomic E-state index is 0.248. The Kier molecular flexibility index (Phi) is 2.61. The summed E-state index contributed by atoms with van der Waals surface area (Å²) in [4.78, 5) is 4.11. The smallest absolute Gasteiger partial charge is 0.0509 e. The molecule has 0 spiro atoms. The molecule has 0 bridgehead atoms. The molecule has 0 N–H and O–H groups in total. The van der Waals surface area contributed by atoms with Gasteiger partial charge < -0.3 is 0 Å². The van der Waals surface area contributed by atoms with Gasteiger partial charge in [-0.25, -0.2) is 0 Å². The SMILES string of the molecule is C=C/N=C1/C=CC=CC1C=C. The molecule has 0 heterocycles. The molecule has 0 aliphatic heterocycles. The molecular weight excluding hydrogens is 134 g/mol. The topological polar surface area (TPSA) is 12.4 Å². The molecule has 56 valence electrons. The number of rotatable bonds is 2. The molecule has 11 heavy (non-hydrogen) atoms. The molecule has 0 aromatic heterocycles. The zero-order chi connectivity index (χ0) is 8.10. The molecule has 1 nitrogen and oxygen atoms in total. The molecule has 1 unspecified atom stereocenters. The van der Waals surface area contributed by atoms with Gasteiger partial charge in [-0.3, -0.25) is 4.99 Å². The molecule has 1 rings (SSSR count). The highest BCUT2D eigenvalue weighted by Gasteiger charge is 2.06. The quantitative estimate of drug-likeness (QED) is 0.529. The fourth-order valence-electron chi connectivity index (χ4n) is 0.982. The largest absolute Gasteiger partial charge is 0.261 e. The molecule has 1 aliphatic rings. The van der Waals surface area contributed by atoms with Crippen LogP contribution in [0.15, 0.2) is 54.7 Å². The maximum atomic E-state index is 4.11. The predicted molar refractivity (Wildman–Crippen MR) is 49.6 cm³/mol.